The van der Waals surface area contributed by atoms with Crippen LogP contribution in [0.4, 0.5) is 11.5 Å². The van der Waals surface area contributed by atoms with Crippen molar-refractivity contribution in [2.45, 2.75) is 13.8 Å². The Morgan fingerprint density at radius 2 is 1.89 bits per heavy atom. The van der Waals surface area contributed by atoms with Crippen LogP contribution >= 0.6 is 0 Å². The summed E-state index contributed by atoms with van der Waals surface area (Å²) in [5.74, 6) is -0.883. The van der Waals surface area contributed by atoms with Gasteiger partial charge in [0.2, 0.25) is 5.82 Å². The molecule has 0 aliphatic carbocycles. The maximum absolute atomic E-state index is 10.8. The molecule has 0 atom stereocenters. The monoisotopic (exact) mass is 243 g/mol. The number of anilines is 2. The lowest BCUT2D eigenvalue weighted by Crippen LogP contribution is -2.06. The predicted molar refractivity (Wildman–Crippen MR) is 68.2 cm³/mol. The van der Waals surface area contributed by atoms with E-state index < -0.39 is 5.97 Å². The second-order valence-corrected chi connectivity index (χ2v) is 3.96. The molecular formula is C13H13N3O2. The number of carbonyl (C=O) groups is 1. The molecule has 0 fully saturated rings. The van der Waals surface area contributed by atoms with Gasteiger partial charge in [-0.15, -0.1) is 0 Å². The number of benzene rings is 1. The predicted octanol–water partition coefficient (Wildman–Crippen LogP) is 2.54. The summed E-state index contributed by atoms with van der Waals surface area (Å²) in [4.78, 5) is 18.4. The van der Waals surface area contributed by atoms with Crippen molar-refractivity contribution in [3.05, 3.63) is 47.4 Å². The summed E-state index contributed by atoms with van der Waals surface area (Å²) in [6, 6.07) is 7.57. The number of carboxylic acid groups (broad SMARTS) is 1. The number of hydrogen-bond acceptors (Lipinski definition) is 4. The quantitative estimate of drug-likeness (QED) is 0.866. The van der Waals surface area contributed by atoms with Gasteiger partial charge in [0.05, 0.1) is 0 Å². The molecule has 1 aromatic carbocycles. The lowest BCUT2D eigenvalue weighted by atomic mass is 10.1. The molecule has 0 aliphatic rings. The van der Waals surface area contributed by atoms with Gasteiger partial charge in [0, 0.05) is 11.9 Å². The van der Waals surface area contributed by atoms with Gasteiger partial charge in [0.15, 0.2) is 0 Å². The van der Waals surface area contributed by atoms with Crippen LogP contribution in [-0.4, -0.2) is 21.0 Å². The average Bonchev–Trinajstić information content (AvgIpc) is 2.34. The van der Waals surface area contributed by atoms with Crippen LogP contribution in [0, 0.1) is 13.8 Å². The van der Waals surface area contributed by atoms with Crippen LogP contribution < -0.4 is 5.32 Å². The van der Waals surface area contributed by atoms with Crippen LogP contribution in [-0.2, 0) is 0 Å². The van der Waals surface area contributed by atoms with Gasteiger partial charge in [0.1, 0.15) is 5.82 Å². The molecule has 18 heavy (non-hydrogen) atoms. The number of hydrogen-bond donors (Lipinski definition) is 2. The van der Waals surface area contributed by atoms with Crippen molar-refractivity contribution in [2.75, 3.05) is 5.32 Å². The first-order chi connectivity index (χ1) is 8.58. The topological polar surface area (TPSA) is 75.1 Å². The molecule has 0 saturated carbocycles. The highest BCUT2D eigenvalue weighted by molar-refractivity contribution is 5.83. The first kappa shape index (κ1) is 12.0. The molecule has 2 rings (SSSR count). The highest BCUT2D eigenvalue weighted by atomic mass is 16.4. The van der Waals surface area contributed by atoms with Crippen LogP contribution in [0.25, 0.3) is 0 Å². The Morgan fingerprint density at radius 1 is 1.22 bits per heavy atom. The van der Waals surface area contributed by atoms with Crippen LogP contribution in [0.15, 0.2) is 30.5 Å². The molecule has 0 aliphatic heterocycles. The molecule has 2 aromatic rings. The van der Waals surface area contributed by atoms with Crippen molar-refractivity contribution in [3.8, 4) is 0 Å². The molecule has 2 N–H and O–H groups in total. The van der Waals surface area contributed by atoms with Crippen LogP contribution in [0.3, 0.4) is 0 Å². The zero-order valence-electron chi connectivity index (χ0n) is 10.1. The number of aryl methyl sites for hydroxylation is 2. The minimum atomic E-state index is -1.14. The lowest BCUT2D eigenvalue weighted by molar-refractivity contribution is 0.0683. The zero-order chi connectivity index (χ0) is 13.1. The van der Waals surface area contributed by atoms with E-state index in [9.17, 15) is 4.79 Å². The van der Waals surface area contributed by atoms with E-state index in [1.807, 2.05) is 32.0 Å². The first-order valence-electron chi connectivity index (χ1n) is 5.47. The molecule has 0 spiro atoms. The molecule has 5 heteroatoms. The Labute approximate surface area is 105 Å². The first-order valence-corrected chi connectivity index (χ1v) is 5.47. The summed E-state index contributed by atoms with van der Waals surface area (Å²) in [6.07, 6.45) is 1.42. The summed E-state index contributed by atoms with van der Waals surface area (Å²) in [6.45, 7) is 3.96. The van der Waals surface area contributed by atoms with Crippen molar-refractivity contribution >= 4 is 17.5 Å². The van der Waals surface area contributed by atoms with Gasteiger partial charge >= 0.3 is 5.97 Å². The molecule has 1 aromatic heterocycles. The van der Waals surface area contributed by atoms with Crippen molar-refractivity contribution in [2.24, 2.45) is 0 Å². The summed E-state index contributed by atoms with van der Waals surface area (Å²) >= 11 is 0. The summed E-state index contributed by atoms with van der Waals surface area (Å²) in [5, 5.41) is 12.0. The van der Waals surface area contributed by atoms with E-state index in [-0.39, 0.29) is 5.82 Å². The molecule has 0 radical (unpaired) electrons. The van der Waals surface area contributed by atoms with E-state index in [0.717, 1.165) is 16.8 Å². The van der Waals surface area contributed by atoms with Crippen molar-refractivity contribution in [1.82, 2.24) is 9.97 Å². The smallest absolute Gasteiger partial charge is 0.374 e. The lowest BCUT2D eigenvalue weighted by Gasteiger charge is -2.11. The van der Waals surface area contributed by atoms with E-state index in [0.29, 0.717) is 5.82 Å². The van der Waals surface area contributed by atoms with Gasteiger partial charge in [-0.25, -0.2) is 14.8 Å². The Bertz CT molecular complexity index is 576. The maximum Gasteiger partial charge on any atom is 0.374 e. The van der Waals surface area contributed by atoms with Gasteiger partial charge in [-0.2, -0.15) is 0 Å². The summed E-state index contributed by atoms with van der Waals surface area (Å²) < 4.78 is 0. The second-order valence-electron chi connectivity index (χ2n) is 3.96. The van der Waals surface area contributed by atoms with Crippen molar-refractivity contribution < 1.29 is 9.90 Å². The Balaban J connectivity index is 2.34. The minimum Gasteiger partial charge on any atom is -0.475 e. The Morgan fingerprint density at radius 3 is 2.50 bits per heavy atom. The Kier molecular flexibility index (Phi) is 3.23. The molecule has 5 nitrogen and oxygen atoms in total. The van der Waals surface area contributed by atoms with Crippen LogP contribution in [0.1, 0.15) is 21.7 Å². The summed E-state index contributed by atoms with van der Waals surface area (Å²) in [5.41, 5.74) is 3.09. The van der Waals surface area contributed by atoms with Gasteiger partial charge in [-0.1, -0.05) is 18.2 Å². The molecule has 92 valence electrons. The third-order valence-electron chi connectivity index (χ3n) is 2.58. The molecule has 1 heterocycles. The number of nitrogens with zero attached hydrogens (tertiary/aromatic N) is 2. The SMILES string of the molecule is Cc1cccc(C)c1Nc1ccnc(C(=O)O)n1. The fraction of sp³-hybridized carbons (Fsp3) is 0.154. The van der Waals surface area contributed by atoms with Gasteiger partial charge < -0.3 is 10.4 Å². The second kappa shape index (κ2) is 4.83. The molecule has 0 bridgehead atoms. The van der Waals surface area contributed by atoms with E-state index >= 15 is 0 Å². The largest absolute Gasteiger partial charge is 0.475 e. The molecule has 0 saturated heterocycles. The summed E-state index contributed by atoms with van der Waals surface area (Å²) in [7, 11) is 0. The Hall–Kier alpha value is -2.43. The third-order valence-corrected chi connectivity index (χ3v) is 2.58. The number of rotatable bonds is 3. The number of carboxylic acids is 1. The highest BCUT2D eigenvalue weighted by Gasteiger charge is 2.08. The number of para-hydroxylation sites is 1. The van der Waals surface area contributed by atoms with Crippen molar-refractivity contribution in [1.29, 1.82) is 0 Å². The van der Waals surface area contributed by atoms with Gasteiger partial charge in [-0.3, -0.25) is 0 Å². The maximum atomic E-state index is 10.8. The normalized spacial score (nSPS) is 10.1. The van der Waals surface area contributed by atoms with Crippen LogP contribution in [0.5, 0.6) is 0 Å². The molecular weight excluding hydrogens is 230 g/mol. The van der Waals surface area contributed by atoms with E-state index in [4.69, 9.17) is 5.11 Å². The van der Waals surface area contributed by atoms with E-state index in [1.54, 1.807) is 6.07 Å². The standard InChI is InChI=1S/C13H13N3O2/c1-8-4-3-5-9(2)11(8)15-10-6-7-14-12(16-10)13(17)18/h3-7H,1-2H3,(H,17,18)(H,14,15,16). The third kappa shape index (κ3) is 2.45. The van der Waals surface area contributed by atoms with Crippen LogP contribution in [0.2, 0.25) is 0 Å². The fourth-order valence-electron chi connectivity index (χ4n) is 1.67. The average molecular weight is 243 g/mol. The van der Waals surface area contributed by atoms with E-state index in [1.165, 1.54) is 6.20 Å². The van der Waals surface area contributed by atoms with Gasteiger partial charge in [-0.05, 0) is 31.0 Å². The van der Waals surface area contributed by atoms with Crippen molar-refractivity contribution in [3.63, 3.8) is 0 Å². The zero-order valence-corrected chi connectivity index (χ0v) is 10.1. The number of nitrogens with one attached hydrogen (secondary N) is 1. The molecule has 0 amide bonds. The van der Waals surface area contributed by atoms with E-state index in [2.05, 4.69) is 15.3 Å². The number of aromatic nitrogens is 2. The number of aromatic carboxylic acids is 1. The fourth-order valence-corrected chi connectivity index (χ4v) is 1.67. The minimum absolute atomic E-state index is 0.216. The highest BCUT2D eigenvalue weighted by Crippen LogP contribution is 2.22. The molecule has 0 unspecified atom stereocenters. The van der Waals surface area contributed by atoms with Gasteiger partial charge in [0.25, 0.3) is 0 Å².